The molecule has 0 spiro atoms. The van der Waals surface area contributed by atoms with Gasteiger partial charge >= 0.3 is 0 Å². The highest BCUT2D eigenvalue weighted by Crippen LogP contribution is 2.10. The number of aromatic nitrogens is 4. The number of tetrazole rings is 1. The second-order valence-corrected chi connectivity index (χ2v) is 3.57. The Balaban J connectivity index is 2.63. The lowest BCUT2D eigenvalue weighted by atomic mass is 10.1. The topological polar surface area (TPSA) is 64.9 Å². The van der Waals surface area contributed by atoms with Crippen molar-refractivity contribution in [3.8, 4) is 0 Å². The molecular formula is C7H15N5O. The predicted octanol–water partition coefficient (Wildman–Crippen LogP) is 0.0470. The molecule has 13 heavy (non-hydrogen) atoms. The van der Waals surface area contributed by atoms with Gasteiger partial charge in [0.15, 0.2) is 0 Å². The number of ether oxygens (including phenoxy) is 1. The van der Waals surface area contributed by atoms with Gasteiger partial charge in [0.2, 0.25) is 5.95 Å². The van der Waals surface area contributed by atoms with E-state index in [1.807, 2.05) is 13.8 Å². The molecule has 6 heteroatoms. The number of anilines is 1. The van der Waals surface area contributed by atoms with Gasteiger partial charge in [-0.2, -0.15) is 0 Å². The lowest BCUT2D eigenvalue weighted by Crippen LogP contribution is -2.37. The van der Waals surface area contributed by atoms with Crippen molar-refractivity contribution in [2.45, 2.75) is 19.4 Å². The number of hydrogen-bond donors (Lipinski definition) is 1. The minimum absolute atomic E-state index is 0.169. The third kappa shape index (κ3) is 2.66. The molecule has 0 amide bonds. The molecule has 0 atom stereocenters. The van der Waals surface area contributed by atoms with Crippen LogP contribution < -0.4 is 5.32 Å². The van der Waals surface area contributed by atoms with Crippen LogP contribution in [0.15, 0.2) is 0 Å². The van der Waals surface area contributed by atoms with Crippen LogP contribution in [0.4, 0.5) is 5.95 Å². The van der Waals surface area contributed by atoms with Gasteiger partial charge < -0.3 is 10.1 Å². The van der Waals surface area contributed by atoms with Gasteiger partial charge in [-0.3, -0.25) is 0 Å². The zero-order valence-electron chi connectivity index (χ0n) is 8.40. The van der Waals surface area contributed by atoms with E-state index in [4.69, 9.17) is 4.74 Å². The van der Waals surface area contributed by atoms with Crippen LogP contribution >= 0.6 is 0 Å². The molecule has 1 N–H and O–H groups in total. The molecule has 0 fully saturated rings. The monoisotopic (exact) mass is 185 g/mol. The molecule has 0 bridgehead atoms. The van der Waals surface area contributed by atoms with Crippen molar-refractivity contribution >= 4 is 5.95 Å². The second-order valence-electron chi connectivity index (χ2n) is 3.57. The van der Waals surface area contributed by atoms with Crippen molar-refractivity contribution in [2.24, 2.45) is 7.05 Å². The van der Waals surface area contributed by atoms with Crippen LogP contribution in [-0.2, 0) is 11.8 Å². The number of nitrogens with one attached hydrogen (secondary N) is 1. The number of aryl methyl sites for hydroxylation is 1. The first-order valence-corrected chi connectivity index (χ1v) is 4.04. The zero-order valence-corrected chi connectivity index (χ0v) is 8.40. The molecule has 0 aliphatic rings. The highest BCUT2D eigenvalue weighted by atomic mass is 16.5. The van der Waals surface area contributed by atoms with Gasteiger partial charge in [-0.1, -0.05) is 5.10 Å². The van der Waals surface area contributed by atoms with Crippen molar-refractivity contribution < 1.29 is 4.74 Å². The van der Waals surface area contributed by atoms with E-state index in [9.17, 15) is 0 Å². The van der Waals surface area contributed by atoms with Crippen molar-refractivity contribution in [3.05, 3.63) is 0 Å². The highest BCUT2D eigenvalue weighted by Gasteiger charge is 2.19. The largest absolute Gasteiger partial charge is 0.382 e. The van der Waals surface area contributed by atoms with E-state index in [0.717, 1.165) is 0 Å². The standard InChI is InChI=1S/C7H15N5O/c1-7(2,5-13-4)8-6-9-10-11-12(6)3/h5H2,1-4H3,(H,8,9,11). The van der Waals surface area contributed by atoms with Crippen LogP contribution in [0, 0.1) is 0 Å². The summed E-state index contributed by atoms with van der Waals surface area (Å²) < 4.78 is 6.64. The lowest BCUT2D eigenvalue weighted by Gasteiger charge is -2.24. The molecule has 1 aromatic heterocycles. The molecule has 6 nitrogen and oxygen atoms in total. The minimum atomic E-state index is -0.169. The number of rotatable bonds is 4. The summed E-state index contributed by atoms with van der Waals surface area (Å²) >= 11 is 0. The van der Waals surface area contributed by atoms with Crippen molar-refractivity contribution in [3.63, 3.8) is 0 Å². The van der Waals surface area contributed by atoms with E-state index in [-0.39, 0.29) is 5.54 Å². The van der Waals surface area contributed by atoms with Gasteiger partial charge in [-0.15, -0.1) is 0 Å². The van der Waals surface area contributed by atoms with Crippen LogP contribution in [0.3, 0.4) is 0 Å². The van der Waals surface area contributed by atoms with Gasteiger partial charge in [-0.05, 0) is 24.3 Å². The SMILES string of the molecule is COCC(C)(C)Nc1nnnn1C. The fourth-order valence-electron chi connectivity index (χ4n) is 1.03. The molecular weight excluding hydrogens is 170 g/mol. The van der Waals surface area contributed by atoms with E-state index < -0.39 is 0 Å². The summed E-state index contributed by atoms with van der Waals surface area (Å²) in [4.78, 5) is 0. The highest BCUT2D eigenvalue weighted by molar-refractivity contribution is 5.26. The van der Waals surface area contributed by atoms with Crippen LogP contribution in [0.25, 0.3) is 0 Å². The summed E-state index contributed by atoms with van der Waals surface area (Å²) in [7, 11) is 3.45. The number of hydrogen-bond acceptors (Lipinski definition) is 5. The summed E-state index contributed by atoms with van der Waals surface area (Å²) in [6.45, 7) is 4.64. The maximum atomic E-state index is 5.05. The van der Waals surface area contributed by atoms with Crippen LogP contribution in [0.5, 0.6) is 0 Å². The molecule has 0 aliphatic carbocycles. The fourth-order valence-corrected chi connectivity index (χ4v) is 1.03. The Bertz CT molecular complexity index is 270. The Morgan fingerprint density at radius 1 is 1.54 bits per heavy atom. The summed E-state index contributed by atoms with van der Waals surface area (Å²) in [5.41, 5.74) is -0.169. The Kier molecular flexibility index (Phi) is 2.82. The third-order valence-corrected chi connectivity index (χ3v) is 1.58. The zero-order chi connectivity index (χ0) is 9.90. The second kappa shape index (κ2) is 3.69. The van der Waals surface area contributed by atoms with Gasteiger partial charge in [-0.25, -0.2) is 4.68 Å². The maximum absolute atomic E-state index is 5.05. The molecule has 0 unspecified atom stereocenters. The Hall–Kier alpha value is -1.17. The Morgan fingerprint density at radius 2 is 2.23 bits per heavy atom. The smallest absolute Gasteiger partial charge is 0.243 e. The molecule has 0 aliphatic heterocycles. The summed E-state index contributed by atoms with van der Waals surface area (Å²) in [5.74, 6) is 0.641. The molecule has 1 rings (SSSR count). The van der Waals surface area contributed by atoms with E-state index in [1.165, 1.54) is 0 Å². The molecule has 1 heterocycles. The van der Waals surface area contributed by atoms with E-state index in [2.05, 4.69) is 20.8 Å². The predicted molar refractivity (Wildman–Crippen MR) is 48.4 cm³/mol. The quantitative estimate of drug-likeness (QED) is 0.717. The molecule has 0 radical (unpaired) electrons. The van der Waals surface area contributed by atoms with Crippen LogP contribution in [0.1, 0.15) is 13.8 Å². The molecule has 0 saturated heterocycles. The molecule has 1 aromatic rings. The van der Waals surface area contributed by atoms with Gasteiger partial charge in [0.1, 0.15) is 0 Å². The van der Waals surface area contributed by atoms with Gasteiger partial charge in [0.25, 0.3) is 0 Å². The maximum Gasteiger partial charge on any atom is 0.243 e. The van der Waals surface area contributed by atoms with Crippen LogP contribution in [-0.4, -0.2) is 39.5 Å². The first kappa shape index (κ1) is 9.91. The minimum Gasteiger partial charge on any atom is -0.382 e. The van der Waals surface area contributed by atoms with Gasteiger partial charge in [0.05, 0.1) is 12.1 Å². The molecule has 0 aromatic carbocycles. The van der Waals surface area contributed by atoms with Crippen molar-refractivity contribution in [1.82, 2.24) is 20.2 Å². The third-order valence-electron chi connectivity index (χ3n) is 1.58. The first-order chi connectivity index (χ1) is 6.05. The van der Waals surface area contributed by atoms with Crippen molar-refractivity contribution in [1.29, 1.82) is 0 Å². The lowest BCUT2D eigenvalue weighted by molar-refractivity contribution is 0.157. The van der Waals surface area contributed by atoms with Gasteiger partial charge in [0, 0.05) is 14.2 Å². The van der Waals surface area contributed by atoms with Crippen molar-refractivity contribution in [2.75, 3.05) is 19.0 Å². The Morgan fingerprint density at radius 3 is 2.69 bits per heavy atom. The normalized spacial score (nSPS) is 11.7. The average molecular weight is 185 g/mol. The van der Waals surface area contributed by atoms with E-state index in [1.54, 1.807) is 18.8 Å². The van der Waals surface area contributed by atoms with Crippen LogP contribution in [0.2, 0.25) is 0 Å². The Labute approximate surface area is 77.3 Å². The average Bonchev–Trinajstić information content (AvgIpc) is 2.35. The fraction of sp³-hybridized carbons (Fsp3) is 0.857. The van der Waals surface area contributed by atoms with E-state index >= 15 is 0 Å². The summed E-state index contributed by atoms with van der Waals surface area (Å²) in [5, 5.41) is 14.2. The summed E-state index contributed by atoms with van der Waals surface area (Å²) in [6.07, 6.45) is 0. The number of methoxy groups -OCH3 is 1. The molecule has 74 valence electrons. The van der Waals surface area contributed by atoms with E-state index in [0.29, 0.717) is 12.6 Å². The number of nitrogens with zero attached hydrogens (tertiary/aromatic N) is 4. The summed E-state index contributed by atoms with van der Waals surface area (Å²) in [6, 6.07) is 0. The molecule has 0 saturated carbocycles. The first-order valence-electron chi connectivity index (χ1n) is 4.04.